The number of carbonyl (C=O) groups excluding carboxylic acids is 2. The number of hydrogen-bond donors (Lipinski definition) is 0. The molecule has 0 N–H and O–H groups in total. The molecule has 152 valence electrons. The second-order valence-electron chi connectivity index (χ2n) is 7.14. The molecule has 1 atom stereocenters. The average Bonchev–Trinajstić information content (AvgIpc) is 3.52. The third kappa shape index (κ3) is 3.60. The third-order valence-electron chi connectivity index (χ3n) is 5.19. The van der Waals surface area contributed by atoms with Gasteiger partial charge in [0.2, 0.25) is 12.0 Å². The van der Waals surface area contributed by atoms with Crippen molar-refractivity contribution >= 4 is 11.9 Å². The molecule has 0 spiro atoms. The van der Waals surface area contributed by atoms with E-state index in [0.717, 1.165) is 12.8 Å². The monoisotopic (exact) mass is 403 g/mol. The van der Waals surface area contributed by atoms with Crippen molar-refractivity contribution in [2.24, 2.45) is 0 Å². The Bertz CT molecular complexity index is 1090. The summed E-state index contributed by atoms with van der Waals surface area (Å²) in [6.45, 7) is 2.89. The first-order valence-corrected chi connectivity index (χ1v) is 9.81. The molecule has 7 nitrogen and oxygen atoms in total. The van der Waals surface area contributed by atoms with Gasteiger partial charge in [0.05, 0.1) is 0 Å². The first-order chi connectivity index (χ1) is 14.6. The van der Waals surface area contributed by atoms with Gasteiger partial charge in [-0.05, 0) is 31.9 Å². The van der Waals surface area contributed by atoms with E-state index >= 15 is 0 Å². The van der Waals surface area contributed by atoms with Gasteiger partial charge in [-0.1, -0.05) is 30.3 Å². The molecule has 3 heterocycles. The zero-order chi connectivity index (χ0) is 21.1. The van der Waals surface area contributed by atoms with Crippen LogP contribution < -0.4 is 0 Å². The molecule has 1 aliphatic heterocycles. The number of rotatable bonds is 5. The molecule has 30 heavy (non-hydrogen) atoms. The minimum absolute atomic E-state index is 0.0383. The summed E-state index contributed by atoms with van der Waals surface area (Å²) in [5.41, 5.74) is 0.707. The van der Waals surface area contributed by atoms with E-state index in [9.17, 15) is 14.9 Å². The van der Waals surface area contributed by atoms with Gasteiger partial charge in [-0.3, -0.25) is 9.36 Å². The van der Waals surface area contributed by atoms with E-state index in [0.29, 0.717) is 18.7 Å². The number of esters is 1. The first kappa shape index (κ1) is 19.5. The Kier molecular flexibility index (Phi) is 5.40. The molecule has 1 aromatic carbocycles. The molecule has 3 aromatic rings. The summed E-state index contributed by atoms with van der Waals surface area (Å²) in [5.74, 6) is -0.500. The van der Waals surface area contributed by atoms with Crippen LogP contribution in [-0.4, -0.2) is 34.4 Å². The van der Waals surface area contributed by atoms with E-state index in [1.807, 2.05) is 12.1 Å². The lowest BCUT2D eigenvalue weighted by Gasteiger charge is -2.23. The van der Waals surface area contributed by atoms with Crippen molar-refractivity contribution in [3.8, 4) is 12.0 Å². The van der Waals surface area contributed by atoms with Crippen molar-refractivity contribution in [2.75, 3.05) is 13.1 Å². The molecule has 0 aliphatic carbocycles. The van der Waals surface area contributed by atoms with Crippen molar-refractivity contribution in [1.82, 2.24) is 9.47 Å². The highest BCUT2D eigenvalue weighted by atomic mass is 16.5. The Labute approximate surface area is 174 Å². The Balaban J connectivity index is 1.68. The zero-order valence-electron chi connectivity index (χ0n) is 16.6. The average molecular weight is 403 g/mol. The summed E-state index contributed by atoms with van der Waals surface area (Å²) in [5, 5.41) is 9.69. The van der Waals surface area contributed by atoms with E-state index in [-0.39, 0.29) is 28.7 Å². The number of benzene rings is 1. The molecular formula is C23H21N3O4. The minimum Gasteiger partial charge on any atom is -0.444 e. The minimum atomic E-state index is -1.08. The number of ether oxygens (including phenoxy) is 1. The second kappa shape index (κ2) is 8.29. The number of aryl methyl sites for hydroxylation is 1. The molecule has 1 fully saturated rings. The zero-order valence-corrected chi connectivity index (χ0v) is 16.6. The third-order valence-corrected chi connectivity index (χ3v) is 5.19. The Morgan fingerprint density at radius 1 is 1.10 bits per heavy atom. The van der Waals surface area contributed by atoms with Gasteiger partial charge in [0.15, 0.2) is 0 Å². The number of aromatic nitrogens is 1. The molecule has 1 amide bonds. The number of furan rings is 1. The van der Waals surface area contributed by atoms with Gasteiger partial charge in [-0.25, -0.2) is 4.79 Å². The van der Waals surface area contributed by atoms with Crippen molar-refractivity contribution in [1.29, 1.82) is 5.26 Å². The Morgan fingerprint density at radius 2 is 1.77 bits per heavy atom. The maximum absolute atomic E-state index is 13.1. The van der Waals surface area contributed by atoms with Gasteiger partial charge >= 0.3 is 5.97 Å². The van der Waals surface area contributed by atoms with Crippen LogP contribution in [0.3, 0.4) is 0 Å². The van der Waals surface area contributed by atoms with Crippen LogP contribution in [0.25, 0.3) is 5.88 Å². The fraction of sp³-hybridized carbons (Fsp3) is 0.261. The highest BCUT2D eigenvalue weighted by molar-refractivity contribution is 5.96. The topological polar surface area (TPSA) is 88.5 Å². The number of hydrogen-bond acceptors (Lipinski definition) is 5. The van der Waals surface area contributed by atoms with Crippen molar-refractivity contribution < 1.29 is 18.7 Å². The van der Waals surface area contributed by atoms with Gasteiger partial charge in [-0.2, -0.15) is 5.26 Å². The molecule has 2 aromatic heterocycles. The lowest BCUT2D eigenvalue weighted by molar-refractivity contribution is -0.140. The highest BCUT2D eigenvalue weighted by Crippen LogP contribution is 2.29. The summed E-state index contributed by atoms with van der Waals surface area (Å²) < 4.78 is 13.0. The Hall–Kier alpha value is -3.79. The molecule has 0 saturated carbocycles. The van der Waals surface area contributed by atoms with Crippen LogP contribution >= 0.6 is 0 Å². The lowest BCUT2D eigenvalue weighted by Crippen LogP contribution is -2.35. The second-order valence-corrected chi connectivity index (χ2v) is 7.14. The molecular weight excluding hydrogens is 382 g/mol. The van der Waals surface area contributed by atoms with Crippen molar-refractivity contribution in [2.45, 2.75) is 25.9 Å². The van der Waals surface area contributed by atoms with Crippen LogP contribution in [0.5, 0.6) is 0 Å². The number of nitriles is 1. The van der Waals surface area contributed by atoms with Crippen LogP contribution in [0.15, 0.2) is 59.3 Å². The first-order valence-electron chi connectivity index (χ1n) is 9.81. The van der Waals surface area contributed by atoms with Crippen molar-refractivity contribution in [3.63, 3.8) is 0 Å². The predicted molar refractivity (Wildman–Crippen MR) is 108 cm³/mol. The normalized spacial score (nSPS) is 14.3. The highest BCUT2D eigenvalue weighted by Gasteiger charge is 2.34. The SMILES string of the molecule is Cc1oc(-n2cccc2)c(C#N)c1C(=O)O[C@H](C(=O)N1CCCC1)c1ccccc1. The fourth-order valence-electron chi connectivity index (χ4n) is 3.69. The quantitative estimate of drug-likeness (QED) is 0.605. The fourth-order valence-corrected chi connectivity index (χ4v) is 3.69. The summed E-state index contributed by atoms with van der Waals surface area (Å²) in [4.78, 5) is 27.9. The molecule has 7 heteroatoms. The van der Waals surface area contributed by atoms with E-state index in [2.05, 4.69) is 0 Å². The largest absolute Gasteiger partial charge is 0.444 e. The number of amides is 1. The van der Waals surface area contributed by atoms with E-state index in [4.69, 9.17) is 9.15 Å². The summed E-state index contributed by atoms with van der Waals surface area (Å²) >= 11 is 0. The molecule has 0 unspecified atom stereocenters. The van der Waals surface area contributed by atoms with Crippen LogP contribution in [0.1, 0.15) is 46.2 Å². The molecule has 0 bridgehead atoms. The number of carbonyl (C=O) groups is 2. The van der Waals surface area contributed by atoms with E-state index in [1.165, 1.54) is 0 Å². The molecule has 0 radical (unpaired) electrons. The summed E-state index contributed by atoms with van der Waals surface area (Å²) in [6, 6.07) is 14.5. The Morgan fingerprint density at radius 3 is 2.40 bits per heavy atom. The van der Waals surface area contributed by atoms with E-state index < -0.39 is 12.1 Å². The van der Waals surface area contributed by atoms with Gasteiger partial charge in [-0.15, -0.1) is 0 Å². The van der Waals surface area contributed by atoms with Crippen LogP contribution in [0.2, 0.25) is 0 Å². The summed E-state index contributed by atoms with van der Waals surface area (Å²) in [7, 11) is 0. The predicted octanol–water partition coefficient (Wildman–Crippen LogP) is 3.77. The maximum Gasteiger partial charge on any atom is 0.344 e. The van der Waals surface area contributed by atoms with Gasteiger partial charge < -0.3 is 14.1 Å². The van der Waals surface area contributed by atoms with Gasteiger partial charge in [0.1, 0.15) is 23.0 Å². The van der Waals surface area contributed by atoms with Gasteiger partial charge in [0, 0.05) is 31.0 Å². The van der Waals surface area contributed by atoms with Crippen molar-refractivity contribution in [3.05, 3.63) is 77.3 Å². The molecule has 1 saturated heterocycles. The van der Waals surface area contributed by atoms with Crippen LogP contribution in [0.4, 0.5) is 0 Å². The molecule has 4 rings (SSSR count). The maximum atomic E-state index is 13.1. The van der Waals surface area contributed by atoms with Gasteiger partial charge in [0.25, 0.3) is 5.91 Å². The number of likely N-dealkylation sites (tertiary alicyclic amines) is 1. The summed E-state index contributed by atoms with van der Waals surface area (Å²) in [6.07, 6.45) is 4.23. The van der Waals surface area contributed by atoms with Crippen LogP contribution in [0, 0.1) is 18.3 Å². The molecule has 1 aliphatic rings. The smallest absolute Gasteiger partial charge is 0.344 e. The lowest BCUT2D eigenvalue weighted by atomic mass is 10.1. The van der Waals surface area contributed by atoms with E-state index in [1.54, 1.807) is 65.2 Å². The number of nitrogens with zero attached hydrogens (tertiary/aromatic N) is 3. The standard InChI is InChI=1S/C23H21N3O4/c1-16-19(18(15-24)22(29-16)26-13-7-8-14-26)23(28)30-20(17-9-3-2-4-10-17)21(27)25-11-5-6-12-25/h2-4,7-10,13-14,20H,5-6,11-12H2,1H3/t20-/m0/s1. The van der Waals surface area contributed by atoms with Crippen LogP contribution in [-0.2, 0) is 9.53 Å².